The van der Waals surface area contributed by atoms with Gasteiger partial charge in [0.2, 0.25) is 10.0 Å². The molecule has 0 bridgehead atoms. The fraction of sp³-hybridized carbons (Fsp3) is 0.333. The van der Waals surface area contributed by atoms with E-state index in [9.17, 15) is 8.42 Å². The van der Waals surface area contributed by atoms with Crippen LogP contribution in [0, 0.1) is 6.92 Å². The highest BCUT2D eigenvalue weighted by Gasteiger charge is 2.32. The van der Waals surface area contributed by atoms with E-state index < -0.39 is 10.0 Å². The van der Waals surface area contributed by atoms with Crippen molar-refractivity contribution in [3.8, 4) is 5.75 Å². The van der Waals surface area contributed by atoms with Gasteiger partial charge in [-0.2, -0.15) is 4.31 Å². The maximum Gasteiger partial charge on any atom is 0.246 e. The number of para-hydroxylation sites is 1. The summed E-state index contributed by atoms with van der Waals surface area (Å²) in [6.45, 7) is 2.93. The molecule has 1 saturated heterocycles. The van der Waals surface area contributed by atoms with Crippen LogP contribution in [0.2, 0.25) is 0 Å². The summed E-state index contributed by atoms with van der Waals surface area (Å²) < 4.78 is 33.2. The van der Waals surface area contributed by atoms with E-state index >= 15 is 0 Å². The van der Waals surface area contributed by atoms with Crippen LogP contribution in [-0.2, 0) is 10.0 Å². The second-order valence-electron chi connectivity index (χ2n) is 7.12. The largest absolute Gasteiger partial charge is 0.495 e. The predicted octanol–water partition coefficient (Wildman–Crippen LogP) is 4.05. The van der Waals surface area contributed by atoms with E-state index in [4.69, 9.17) is 4.74 Å². The van der Waals surface area contributed by atoms with Gasteiger partial charge in [0.15, 0.2) is 0 Å². The van der Waals surface area contributed by atoms with Gasteiger partial charge in [0, 0.05) is 30.2 Å². The molecule has 0 aliphatic carbocycles. The molecule has 2 heterocycles. The van der Waals surface area contributed by atoms with Gasteiger partial charge in [-0.1, -0.05) is 24.3 Å². The predicted molar refractivity (Wildman–Crippen MR) is 107 cm³/mol. The highest BCUT2D eigenvalue weighted by atomic mass is 32.2. The number of nitrogens with zero attached hydrogens (tertiary/aromatic N) is 1. The van der Waals surface area contributed by atoms with Crippen molar-refractivity contribution >= 4 is 20.9 Å². The van der Waals surface area contributed by atoms with Crippen LogP contribution in [0.3, 0.4) is 0 Å². The highest BCUT2D eigenvalue weighted by molar-refractivity contribution is 7.89. The Bertz CT molecular complexity index is 1060. The molecule has 1 aliphatic heterocycles. The van der Waals surface area contributed by atoms with Gasteiger partial charge in [-0.15, -0.1) is 0 Å². The Labute approximate surface area is 160 Å². The number of aryl methyl sites for hydroxylation is 1. The topological polar surface area (TPSA) is 62.4 Å². The van der Waals surface area contributed by atoms with E-state index in [1.165, 1.54) is 18.1 Å². The average Bonchev–Trinajstić information content (AvgIpc) is 3.12. The summed E-state index contributed by atoms with van der Waals surface area (Å²) in [4.78, 5) is 3.59. The number of methoxy groups -OCH3 is 1. The molecule has 4 rings (SSSR count). The smallest absolute Gasteiger partial charge is 0.246 e. The number of nitrogens with one attached hydrogen (secondary N) is 1. The van der Waals surface area contributed by atoms with Crippen LogP contribution in [-0.4, -0.2) is 37.9 Å². The number of aromatic amines is 1. The normalized spacial score (nSPS) is 16.7. The first-order chi connectivity index (χ1) is 13.0. The first-order valence-corrected chi connectivity index (χ1v) is 10.7. The summed E-state index contributed by atoms with van der Waals surface area (Å²) >= 11 is 0. The minimum atomic E-state index is -3.56. The molecule has 0 spiro atoms. The van der Waals surface area contributed by atoms with Crippen molar-refractivity contribution in [2.24, 2.45) is 0 Å². The summed E-state index contributed by atoms with van der Waals surface area (Å²) in [5.41, 5.74) is 3.32. The molecule has 27 heavy (non-hydrogen) atoms. The zero-order valence-electron chi connectivity index (χ0n) is 15.6. The summed E-state index contributed by atoms with van der Waals surface area (Å²) in [5.74, 6) is 0.770. The second kappa shape index (κ2) is 7.02. The Morgan fingerprint density at radius 1 is 1.11 bits per heavy atom. The quantitative estimate of drug-likeness (QED) is 0.738. The number of benzene rings is 2. The van der Waals surface area contributed by atoms with E-state index in [0.717, 1.165) is 23.9 Å². The Morgan fingerprint density at radius 3 is 2.59 bits per heavy atom. The van der Waals surface area contributed by atoms with Crippen molar-refractivity contribution in [1.82, 2.24) is 9.29 Å². The minimum Gasteiger partial charge on any atom is -0.495 e. The average molecular weight is 385 g/mol. The van der Waals surface area contributed by atoms with Gasteiger partial charge >= 0.3 is 0 Å². The number of hydrogen-bond donors (Lipinski definition) is 1. The fourth-order valence-corrected chi connectivity index (χ4v) is 5.67. The summed E-state index contributed by atoms with van der Waals surface area (Å²) in [5, 5.41) is 1.24. The van der Waals surface area contributed by atoms with E-state index in [2.05, 4.69) is 23.3 Å². The molecule has 3 aromatic rings. The van der Waals surface area contributed by atoms with E-state index in [-0.39, 0.29) is 4.90 Å². The van der Waals surface area contributed by atoms with Gasteiger partial charge in [-0.05, 0) is 55.0 Å². The van der Waals surface area contributed by atoms with Gasteiger partial charge in [0.25, 0.3) is 0 Å². The number of H-pyrrole nitrogens is 1. The molecular weight excluding hydrogens is 360 g/mol. The molecule has 0 unspecified atom stereocenters. The molecule has 6 heteroatoms. The molecular formula is C21H24N2O3S. The third kappa shape index (κ3) is 3.24. The minimum absolute atomic E-state index is 0.260. The standard InChI is InChI=1S/C21H24N2O3S/c1-15-7-8-20(26-2)21(13-15)27(24,25)23-11-9-16(10-12-23)18-14-22-19-6-4-3-5-17(18)19/h3-8,13-14,16,22H,9-12H2,1-2H3. The van der Waals surface area contributed by atoms with Crippen LogP contribution < -0.4 is 4.74 Å². The van der Waals surface area contributed by atoms with Crippen LogP contribution in [0.25, 0.3) is 10.9 Å². The Morgan fingerprint density at radius 2 is 1.85 bits per heavy atom. The van der Waals surface area contributed by atoms with E-state index in [1.807, 2.05) is 25.1 Å². The zero-order chi connectivity index (χ0) is 19.0. The van der Waals surface area contributed by atoms with Crippen LogP contribution in [0.1, 0.15) is 29.9 Å². The van der Waals surface area contributed by atoms with Crippen molar-refractivity contribution in [3.63, 3.8) is 0 Å². The molecule has 5 nitrogen and oxygen atoms in total. The Kier molecular flexibility index (Phi) is 4.70. The second-order valence-corrected chi connectivity index (χ2v) is 9.03. The number of rotatable bonds is 4. The van der Waals surface area contributed by atoms with Crippen molar-refractivity contribution in [2.75, 3.05) is 20.2 Å². The van der Waals surface area contributed by atoms with Crippen LogP contribution in [0.4, 0.5) is 0 Å². The maximum absolute atomic E-state index is 13.2. The lowest BCUT2D eigenvalue weighted by Gasteiger charge is -2.31. The molecule has 0 atom stereocenters. The van der Waals surface area contributed by atoms with E-state index in [0.29, 0.717) is 24.8 Å². The van der Waals surface area contributed by atoms with Gasteiger partial charge < -0.3 is 9.72 Å². The summed E-state index contributed by atoms with van der Waals surface area (Å²) in [7, 11) is -2.05. The molecule has 0 amide bonds. The zero-order valence-corrected chi connectivity index (χ0v) is 16.4. The van der Waals surface area contributed by atoms with Crippen LogP contribution in [0.15, 0.2) is 53.6 Å². The molecule has 1 N–H and O–H groups in total. The summed E-state index contributed by atoms with van der Waals surface area (Å²) in [6.07, 6.45) is 3.70. The fourth-order valence-electron chi connectivity index (χ4n) is 3.96. The lowest BCUT2D eigenvalue weighted by molar-refractivity contribution is 0.318. The van der Waals surface area contributed by atoms with Crippen LogP contribution >= 0.6 is 0 Å². The molecule has 2 aromatic carbocycles. The van der Waals surface area contributed by atoms with Crippen molar-refractivity contribution in [3.05, 3.63) is 59.8 Å². The van der Waals surface area contributed by atoms with E-state index in [1.54, 1.807) is 16.4 Å². The third-order valence-corrected chi connectivity index (χ3v) is 7.37. The lowest BCUT2D eigenvalue weighted by Crippen LogP contribution is -2.38. The van der Waals surface area contributed by atoms with Gasteiger partial charge in [0.1, 0.15) is 10.6 Å². The molecule has 0 radical (unpaired) electrons. The Balaban J connectivity index is 1.56. The lowest BCUT2D eigenvalue weighted by atomic mass is 9.90. The first-order valence-electron chi connectivity index (χ1n) is 9.21. The molecule has 1 aliphatic rings. The SMILES string of the molecule is COc1ccc(C)cc1S(=O)(=O)N1CCC(c2c[nH]c3ccccc23)CC1. The number of ether oxygens (including phenoxy) is 1. The third-order valence-electron chi connectivity index (χ3n) is 5.45. The number of piperidine rings is 1. The molecule has 1 aromatic heterocycles. The Hall–Kier alpha value is -2.31. The van der Waals surface area contributed by atoms with Crippen molar-refractivity contribution < 1.29 is 13.2 Å². The molecule has 0 saturated carbocycles. The monoisotopic (exact) mass is 384 g/mol. The first kappa shape index (κ1) is 18.1. The highest BCUT2D eigenvalue weighted by Crippen LogP contribution is 2.36. The van der Waals surface area contributed by atoms with Crippen molar-refractivity contribution in [1.29, 1.82) is 0 Å². The number of fused-ring (bicyclic) bond motifs is 1. The maximum atomic E-state index is 13.2. The van der Waals surface area contributed by atoms with Gasteiger partial charge in [-0.3, -0.25) is 0 Å². The molecule has 1 fully saturated rings. The van der Waals surface area contributed by atoms with Crippen LogP contribution in [0.5, 0.6) is 5.75 Å². The number of aromatic nitrogens is 1. The number of sulfonamides is 1. The number of hydrogen-bond acceptors (Lipinski definition) is 3. The van der Waals surface area contributed by atoms with Gasteiger partial charge in [-0.25, -0.2) is 8.42 Å². The van der Waals surface area contributed by atoms with Gasteiger partial charge in [0.05, 0.1) is 7.11 Å². The van der Waals surface area contributed by atoms with Crippen molar-refractivity contribution in [2.45, 2.75) is 30.6 Å². The molecule has 142 valence electrons. The summed E-state index contributed by atoms with van der Waals surface area (Å²) in [6, 6.07) is 13.5.